The van der Waals surface area contributed by atoms with Crippen LogP contribution in [0.3, 0.4) is 0 Å². The Morgan fingerprint density at radius 1 is 1.00 bits per heavy atom. The van der Waals surface area contributed by atoms with Gasteiger partial charge >= 0.3 is 12.2 Å². The van der Waals surface area contributed by atoms with E-state index in [0.717, 1.165) is 34.5 Å². The zero-order valence-corrected chi connectivity index (χ0v) is 19.0. The zero-order chi connectivity index (χ0) is 24.8. The highest BCUT2D eigenvalue weighted by molar-refractivity contribution is 5.76. The maximum absolute atomic E-state index is 12.7. The van der Waals surface area contributed by atoms with E-state index >= 15 is 0 Å². The van der Waals surface area contributed by atoms with Gasteiger partial charge in [0, 0.05) is 6.54 Å². The minimum absolute atomic E-state index is 0.270. The average Bonchev–Trinajstić information content (AvgIpc) is 3.28. The first-order valence-corrected chi connectivity index (χ1v) is 11.1. The second kappa shape index (κ2) is 10.5. The Hall–Kier alpha value is -4.01. The minimum Gasteiger partial charge on any atom is -0.497 e. The van der Waals surface area contributed by atoms with Gasteiger partial charge in [-0.25, -0.2) is 9.78 Å². The number of aromatic amines is 1. The number of para-hydroxylation sites is 2. The Labute approximate surface area is 200 Å². The number of H-pyrrole nitrogens is 1. The lowest BCUT2D eigenvalue weighted by atomic mass is 10.1. The summed E-state index contributed by atoms with van der Waals surface area (Å²) in [5.41, 5.74) is 2.66. The molecule has 0 bridgehead atoms. The van der Waals surface area contributed by atoms with Gasteiger partial charge < -0.3 is 20.4 Å². The molecule has 6 nitrogen and oxygen atoms in total. The maximum atomic E-state index is 12.7. The van der Waals surface area contributed by atoms with Crippen LogP contribution in [0.1, 0.15) is 28.6 Å². The van der Waals surface area contributed by atoms with Crippen LogP contribution in [-0.2, 0) is 19.0 Å². The van der Waals surface area contributed by atoms with Gasteiger partial charge in [0.05, 0.1) is 29.7 Å². The number of urea groups is 1. The van der Waals surface area contributed by atoms with E-state index in [1.54, 1.807) is 7.11 Å². The van der Waals surface area contributed by atoms with Crippen molar-refractivity contribution < 1.29 is 22.7 Å². The van der Waals surface area contributed by atoms with Crippen LogP contribution in [0.15, 0.2) is 72.8 Å². The van der Waals surface area contributed by atoms with E-state index in [9.17, 15) is 18.0 Å². The predicted octanol–water partition coefficient (Wildman–Crippen LogP) is 5.42. The Morgan fingerprint density at radius 3 is 2.34 bits per heavy atom. The molecule has 9 heteroatoms. The van der Waals surface area contributed by atoms with E-state index in [1.165, 1.54) is 12.1 Å². The molecule has 1 atom stereocenters. The molecule has 0 radical (unpaired) electrons. The van der Waals surface area contributed by atoms with E-state index in [2.05, 4.69) is 20.6 Å². The first-order chi connectivity index (χ1) is 16.8. The van der Waals surface area contributed by atoms with Gasteiger partial charge in [-0.05, 0) is 60.4 Å². The number of methoxy groups -OCH3 is 1. The fourth-order valence-electron chi connectivity index (χ4n) is 3.74. The summed E-state index contributed by atoms with van der Waals surface area (Å²) in [6.45, 7) is 0.270. The van der Waals surface area contributed by atoms with Crippen LogP contribution in [-0.4, -0.2) is 29.7 Å². The van der Waals surface area contributed by atoms with Crippen molar-refractivity contribution in [3.63, 3.8) is 0 Å². The lowest BCUT2D eigenvalue weighted by molar-refractivity contribution is -0.137. The summed E-state index contributed by atoms with van der Waals surface area (Å²) in [5.74, 6) is 1.36. The van der Waals surface area contributed by atoms with Gasteiger partial charge in [0.1, 0.15) is 11.6 Å². The van der Waals surface area contributed by atoms with E-state index in [-0.39, 0.29) is 6.54 Å². The molecule has 0 saturated carbocycles. The number of imidazole rings is 1. The second-order valence-corrected chi connectivity index (χ2v) is 8.09. The summed E-state index contributed by atoms with van der Waals surface area (Å²) in [7, 11) is 1.60. The molecular formula is C26H25F3N4O2. The molecule has 0 fully saturated rings. The summed E-state index contributed by atoms with van der Waals surface area (Å²) in [6, 6.07) is 19.3. The quantitative estimate of drug-likeness (QED) is 0.314. The van der Waals surface area contributed by atoms with Crippen molar-refractivity contribution >= 4 is 17.1 Å². The number of nitrogens with zero attached hydrogens (tertiary/aromatic N) is 1. The van der Waals surface area contributed by atoms with Crippen molar-refractivity contribution in [1.82, 2.24) is 20.6 Å². The van der Waals surface area contributed by atoms with Crippen LogP contribution in [0.4, 0.5) is 18.0 Å². The maximum Gasteiger partial charge on any atom is 0.416 e. The van der Waals surface area contributed by atoms with Gasteiger partial charge in [0.15, 0.2) is 0 Å². The van der Waals surface area contributed by atoms with Crippen molar-refractivity contribution in [3.8, 4) is 5.75 Å². The smallest absolute Gasteiger partial charge is 0.416 e. The van der Waals surface area contributed by atoms with Crippen LogP contribution in [0.2, 0.25) is 0 Å². The van der Waals surface area contributed by atoms with Gasteiger partial charge in [-0.15, -0.1) is 0 Å². The summed E-state index contributed by atoms with van der Waals surface area (Å²) in [5, 5.41) is 5.74. The number of alkyl halides is 3. The highest BCUT2D eigenvalue weighted by Gasteiger charge is 2.29. The Kier molecular flexibility index (Phi) is 7.24. The van der Waals surface area contributed by atoms with Crippen molar-refractivity contribution in [3.05, 3.63) is 95.3 Å². The van der Waals surface area contributed by atoms with Crippen molar-refractivity contribution in [2.24, 2.45) is 0 Å². The lowest BCUT2D eigenvalue weighted by Crippen LogP contribution is -2.40. The van der Waals surface area contributed by atoms with Crippen molar-refractivity contribution in [1.29, 1.82) is 0 Å². The van der Waals surface area contributed by atoms with E-state index in [1.807, 2.05) is 48.5 Å². The first kappa shape index (κ1) is 24.1. The van der Waals surface area contributed by atoms with Gasteiger partial charge in [-0.2, -0.15) is 13.2 Å². The van der Waals surface area contributed by atoms with Crippen LogP contribution in [0, 0.1) is 0 Å². The number of carbonyl (C=O) groups excluding carboxylic acids is 1. The number of benzene rings is 3. The van der Waals surface area contributed by atoms with Crippen LogP contribution in [0.5, 0.6) is 5.75 Å². The molecule has 4 rings (SSSR count). The molecular weight excluding hydrogens is 457 g/mol. The number of hydrogen-bond donors (Lipinski definition) is 3. The van der Waals surface area contributed by atoms with Gasteiger partial charge in [-0.1, -0.05) is 36.4 Å². The number of fused-ring (bicyclic) bond motifs is 1. The van der Waals surface area contributed by atoms with Crippen LogP contribution >= 0.6 is 0 Å². The molecule has 0 spiro atoms. The molecule has 0 saturated heterocycles. The Morgan fingerprint density at radius 2 is 1.69 bits per heavy atom. The number of halogens is 3. The molecule has 3 N–H and O–H groups in total. The number of aromatic nitrogens is 2. The van der Waals surface area contributed by atoms with Crippen molar-refractivity contribution in [2.45, 2.75) is 25.1 Å². The fourth-order valence-corrected chi connectivity index (χ4v) is 3.74. The molecule has 0 aliphatic heterocycles. The first-order valence-electron chi connectivity index (χ1n) is 11.1. The van der Waals surface area contributed by atoms with Crippen molar-refractivity contribution in [2.75, 3.05) is 13.7 Å². The zero-order valence-electron chi connectivity index (χ0n) is 19.0. The molecule has 4 aromatic rings. The Bertz CT molecular complexity index is 1240. The number of nitrogens with one attached hydrogen (secondary N) is 3. The van der Waals surface area contributed by atoms with Crippen LogP contribution < -0.4 is 15.4 Å². The van der Waals surface area contributed by atoms with Gasteiger partial charge in [0.2, 0.25) is 0 Å². The summed E-state index contributed by atoms with van der Waals surface area (Å²) in [4.78, 5) is 20.6. The summed E-state index contributed by atoms with van der Waals surface area (Å²) < 4.78 is 43.4. The molecule has 35 heavy (non-hydrogen) atoms. The predicted molar refractivity (Wildman–Crippen MR) is 127 cm³/mol. The summed E-state index contributed by atoms with van der Waals surface area (Å²) >= 11 is 0. The number of ether oxygens (including phenoxy) is 1. The third-order valence-electron chi connectivity index (χ3n) is 5.62. The van der Waals surface area contributed by atoms with E-state index in [0.29, 0.717) is 24.2 Å². The highest BCUT2D eigenvalue weighted by atomic mass is 19.4. The molecule has 0 aliphatic rings. The van der Waals surface area contributed by atoms with Gasteiger partial charge in [-0.3, -0.25) is 0 Å². The fraction of sp³-hybridized carbons (Fsp3) is 0.231. The monoisotopic (exact) mass is 482 g/mol. The molecule has 182 valence electrons. The topological polar surface area (TPSA) is 79.0 Å². The number of carbonyl (C=O) groups is 1. The molecule has 3 aromatic carbocycles. The summed E-state index contributed by atoms with van der Waals surface area (Å²) in [6.07, 6.45) is -3.47. The van der Waals surface area contributed by atoms with Gasteiger partial charge in [0.25, 0.3) is 0 Å². The molecule has 1 unspecified atom stereocenters. The standard InChI is InChI=1S/C26H25F3N4O2/c1-35-20-12-8-18(9-13-20)16-23(24-31-21-4-2-3-5-22(21)32-24)33-25(34)30-15-14-17-6-10-19(11-7-17)26(27,28)29/h2-13,23H,14-16H2,1H3,(H,31,32)(H2,30,33,34). The number of rotatable bonds is 8. The number of hydrogen-bond acceptors (Lipinski definition) is 3. The second-order valence-electron chi connectivity index (χ2n) is 8.09. The largest absolute Gasteiger partial charge is 0.497 e. The SMILES string of the molecule is COc1ccc(CC(NC(=O)NCCc2ccc(C(F)(F)F)cc2)c2nc3ccccc3[nH]2)cc1. The molecule has 2 amide bonds. The molecule has 1 aromatic heterocycles. The normalized spacial score (nSPS) is 12.3. The third kappa shape index (κ3) is 6.32. The molecule has 0 aliphatic carbocycles. The van der Waals surface area contributed by atoms with E-state index in [4.69, 9.17) is 4.74 Å². The van der Waals surface area contributed by atoms with Crippen LogP contribution in [0.25, 0.3) is 11.0 Å². The lowest BCUT2D eigenvalue weighted by Gasteiger charge is -2.18. The Balaban J connectivity index is 1.41. The average molecular weight is 483 g/mol. The third-order valence-corrected chi connectivity index (χ3v) is 5.62. The highest BCUT2D eigenvalue weighted by Crippen LogP contribution is 2.29. The number of amides is 2. The molecule has 1 heterocycles. The van der Waals surface area contributed by atoms with E-state index < -0.39 is 23.8 Å². The minimum atomic E-state index is -4.37.